The molecule has 0 saturated heterocycles. The molecule has 3 heterocycles. The fourth-order valence-electron chi connectivity index (χ4n) is 3.68. The lowest BCUT2D eigenvalue weighted by Crippen LogP contribution is -2.37. The van der Waals surface area contributed by atoms with Crippen LogP contribution in [0.2, 0.25) is 0 Å². The van der Waals surface area contributed by atoms with Crippen LogP contribution >= 0.6 is 15.9 Å². The number of carbonyl (C=O) groups is 1. The average Bonchev–Trinajstić information content (AvgIpc) is 2.96. The number of aromatic nitrogens is 4. The number of hydrogen-bond acceptors (Lipinski definition) is 4. The summed E-state index contributed by atoms with van der Waals surface area (Å²) < 4.78 is 2.75. The first-order valence-corrected chi connectivity index (χ1v) is 9.51. The highest BCUT2D eigenvalue weighted by Gasteiger charge is 2.26. The molecule has 134 valence electrons. The Bertz CT molecular complexity index is 1030. The van der Waals surface area contributed by atoms with Crippen LogP contribution in [0.25, 0.3) is 5.78 Å². The van der Waals surface area contributed by atoms with Gasteiger partial charge in [-0.05, 0) is 62.9 Å². The number of hydrogen-bond donors (Lipinski definition) is 0. The number of halogens is 1. The number of rotatable bonds is 2. The quantitative estimate of drug-likeness (QED) is 0.646. The maximum absolute atomic E-state index is 13.0. The van der Waals surface area contributed by atoms with Crippen molar-refractivity contribution in [3.63, 3.8) is 0 Å². The second-order valence-corrected chi connectivity index (χ2v) is 7.75. The van der Waals surface area contributed by atoms with Crippen molar-refractivity contribution in [2.45, 2.75) is 40.0 Å². The minimum Gasteiger partial charge on any atom is -0.311 e. The summed E-state index contributed by atoms with van der Waals surface area (Å²) in [6.45, 7) is 6.68. The van der Waals surface area contributed by atoms with Crippen LogP contribution in [0.5, 0.6) is 0 Å². The van der Waals surface area contributed by atoms with E-state index in [9.17, 15) is 4.79 Å². The van der Waals surface area contributed by atoms with Crippen molar-refractivity contribution in [1.29, 1.82) is 0 Å². The molecule has 0 saturated carbocycles. The fraction of sp³-hybridized carbons (Fsp3) is 0.368. The Morgan fingerprint density at radius 1 is 1.19 bits per heavy atom. The molecule has 7 heteroatoms. The van der Waals surface area contributed by atoms with Gasteiger partial charge in [-0.1, -0.05) is 15.9 Å². The van der Waals surface area contributed by atoms with E-state index in [1.54, 1.807) is 4.52 Å². The lowest BCUT2D eigenvalue weighted by molar-refractivity contribution is -0.118. The summed E-state index contributed by atoms with van der Waals surface area (Å²) in [7, 11) is 0. The normalized spacial score (nSPS) is 13.9. The highest BCUT2D eigenvalue weighted by molar-refractivity contribution is 9.10. The van der Waals surface area contributed by atoms with Gasteiger partial charge in [-0.3, -0.25) is 4.79 Å². The third kappa shape index (κ3) is 3.00. The van der Waals surface area contributed by atoms with E-state index in [0.29, 0.717) is 11.6 Å². The summed E-state index contributed by atoms with van der Waals surface area (Å²) >= 11 is 3.55. The number of nitrogens with zero attached hydrogens (tertiary/aromatic N) is 5. The second kappa shape index (κ2) is 6.46. The summed E-state index contributed by atoms with van der Waals surface area (Å²) in [6.07, 6.45) is 2.14. The molecule has 1 aromatic carbocycles. The van der Waals surface area contributed by atoms with Crippen LogP contribution < -0.4 is 4.90 Å². The van der Waals surface area contributed by atoms with Gasteiger partial charge in [-0.2, -0.15) is 4.98 Å². The predicted molar refractivity (Wildman–Crippen MR) is 104 cm³/mol. The van der Waals surface area contributed by atoms with Gasteiger partial charge in [0.05, 0.1) is 6.42 Å². The molecular weight excluding hydrogens is 394 g/mol. The first-order chi connectivity index (χ1) is 12.4. The van der Waals surface area contributed by atoms with Gasteiger partial charge in [0.1, 0.15) is 0 Å². The SMILES string of the molecule is Cc1cc(C)n2nc(CC(=O)N3CCCc4cc(Br)cc(C)c43)nc2n1. The Morgan fingerprint density at radius 3 is 2.81 bits per heavy atom. The standard InChI is InChI=1S/C19H20BrN5O/c1-11-7-15(20)9-14-5-4-6-24(18(11)14)17(26)10-16-22-19-21-12(2)8-13(3)25(19)23-16/h7-9H,4-6,10H2,1-3H3. The minimum absolute atomic E-state index is 0.0293. The molecule has 0 fully saturated rings. The summed E-state index contributed by atoms with van der Waals surface area (Å²) in [4.78, 5) is 23.7. The predicted octanol–water partition coefficient (Wildman–Crippen LogP) is 3.33. The average molecular weight is 414 g/mol. The Labute approximate surface area is 160 Å². The maximum Gasteiger partial charge on any atom is 0.252 e. The second-order valence-electron chi connectivity index (χ2n) is 6.83. The van der Waals surface area contributed by atoms with Gasteiger partial charge in [0.25, 0.3) is 5.78 Å². The van der Waals surface area contributed by atoms with Crippen molar-refractivity contribution in [1.82, 2.24) is 19.6 Å². The molecule has 0 spiro atoms. The topological polar surface area (TPSA) is 63.4 Å². The van der Waals surface area contributed by atoms with Gasteiger partial charge < -0.3 is 4.90 Å². The Morgan fingerprint density at radius 2 is 2.00 bits per heavy atom. The monoisotopic (exact) mass is 413 g/mol. The van der Waals surface area contributed by atoms with Crippen molar-refractivity contribution in [2.75, 3.05) is 11.4 Å². The summed E-state index contributed by atoms with van der Waals surface area (Å²) in [6, 6.07) is 6.13. The van der Waals surface area contributed by atoms with Crippen molar-refractivity contribution < 1.29 is 4.79 Å². The lowest BCUT2D eigenvalue weighted by Gasteiger charge is -2.31. The van der Waals surface area contributed by atoms with E-state index >= 15 is 0 Å². The van der Waals surface area contributed by atoms with E-state index in [4.69, 9.17) is 0 Å². The van der Waals surface area contributed by atoms with Crippen molar-refractivity contribution >= 4 is 33.3 Å². The molecule has 0 aliphatic carbocycles. The molecule has 1 aliphatic heterocycles. The van der Waals surface area contributed by atoms with Crippen LogP contribution in [0.4, 0.5) is 5.69 Å². The van der Waals surface area contributed by atoms with Crippen LogP contribution in [-0.2, 0) is 17.6 Å². The number of amides is 1. The number of carbonyl (C=O) groups excluding carboxylic acids is 1. The van der Waals surface area contributed by atoms with E-state index < -0.39 is 0 Å². The molecule has 1 aliphatic rings. The van der Waals surface area contributed by atoms with E-state index in [1.807, 2.05) is 24.8 Å². The van der Waals surface area contributed by atoms with Crippen molar-refractivity contribution in [3.8, 4) is 0 Å². The maximum atomic E-state index is 13.0. The van der Waals surface area contributed by atoms with Gasteiger partial charge in [0.15, 0.2) is 5.82 Å². The third-order valence-corrected chi connectivity index (χ3v) is 5.17. The van der Waals surface area contributed by atoms with Crippen molar-refractivity contribution in [3.05, 3.63) is 51.0 Å². The van der Waals surface area contributed by atoms with Gasteiger partial charge in [0, 0.05) is 28.1 Å². The molecule has 3 aromatic rings. The summed E-state index contributed by atoms with van der Waals surface area (Å²) in [5.41, 5.74) is 5.22. The van der Waals surface area contributed by atoms with Crippen LogP contribution in [0.3, 0.4) is 0 Å². The zero-order chi connectivity index (χ0) is 18.4. The Hall–Kier alpha value is -2.28. The molecule has 0 bridgehead atoms. The minimum atomic E-state index is 0.0293. The van der Waals surface area contributed by atoms with Crippen LogP contribution in [0.15, 0.2) is 22.7 Å². The van der Waals surface area contributed by atoms with Crippen LogP contribution in [-0.4, -0.2) is 32.0 Å². The molecule has 0 unspecified atom stereocenters. The van der Waals surface area contributed by atoms with Gasteiger partial charge in [0.2, 0.25) is 5.91 Å². The zero-order valence-electron chi connectivity index (χ0n) is 15.1. The van der Waals surface area contributed by atoms with Crippen molar-refractivity contribution in [2.24, 2.45) is 0 Å². The molecule has 26 heavy (non-hydrogen) atoms. The first kappa shape index (κ1) is 17.1. The van der Waals surface area contributed by atoms with E-state index in [-0.39, 0.29) is 12.3 Å². The fourth-order valence-corrected chi connectivity index (χ4v) is 4.30. The molecule has 0 radical (unpaired) electrons. The molecule has 6 nitrogen and oxygen atoms in total. The van der Waals surface area contributed by atoms with Gasteiger partial charge in [-0.15, -0.1) is 5.10 Å². The van der Waals surface area contributed by atoms with Crippen LogP contribution in [0, 0.1) is 20.8 Å². The third-order valence-electron chi connectivity index (χ3n) is 4.71. The Balaban J connectivity index is 1.65. The van der Waals surface area contributed by atoms with E-state index in [2.05, 4.69) is 50.1 Å². The number of anilines is 1. The highest BCUT2D eigenvalue weighted by Crippen LogP contribution is 2.33. The highest BCUT2D eigenvalue weighted by atomic mass is 79.9. The number of benzene rings is 1. The molecule has 0 N–H and O–H groups in total. The lowest BCUT2D eigenvalue weighted by atomic mass is 9.98. The summed E-state index contributed by atoms with van der Waals surface area (Å²) in [5.74, 6) is 1.09. The Kier molecular flexibility index (Phi) is 4.26. The zero-order valence-corrected chi connectivity index (χ0v) is 16.7. The smallest absolute Gasteiger partial charge is 0.252 e. The van der Waals surface area contributed by atoms with Crippen LogP contribution in [0.1, 0.15) is 34.8 Å². The largest absolute Gasteiger partial charge is 0.311 e. The summed E-state index contributed by atoms with van der Waals surface area (Å²) in [5, 5.41) is 4.47. The first-order valence-electron chi connectivity index (χ1n) is 8.71. The van der Waals surface area contributed by atoms with E-state index in [0.717, 1.165) is 46.5 Å². The molecule has 4 rings (SSSR count). The molecular formula is C19H20BrN5O. The van der Waals surface area contributed by atoms with Gasteiger partial charge in [-0.25, -0.2) is 9.50 Å². The van der Waals surface area contributed by atoms with Gasteiger partial charge >= 0.3 is 0 Å². The molecule has 0 atom stereocenters. The molecule has 2 aromatic heterocycles. The van der Waals surface area contributed by atoms with E-state index in [1.165, 1.54) is 5.56 Å². The molecule has 1 amide bonds. The number of aryl methyl sites for hydroxylation is 4. The number of fused-ring (bicyclic) bond motifs is 2.